The van der Waals surface area contributed by atoms with E-state index < -0.39 is 0 Å². The third-order valence-electron chi connectivity index (χ3n) is 4.45. The highest BCUT2D eigenvalue weighted by Gasteiger charge is 2.51. The molecule has 108 valence electrons. The summed E-state index contributed by atoms with van der Waals surface area (Å²) in [5, 5.41) is 0.620. The number of anilines is 1. The highest BCUT2D eigenvalue weighted by atomic mass is 35.5. The number of fused-ring (bicyclic) bond motifs is 4. The summed E-state index contributed by atoms with van der Waals surface area (Å²) in [6.07, 6.45) is 2.02. The maximum Gasteiger partial charge on any atom is 0.137 e. The normalized spacial score (nSPS) is 16.9. The summed E-state index contributed by atoms with van der Waals surface area (Å²) < 4.78 is 11.6. The molecule has 0 radical (unpaired) electrons. The van der Waals surface area contributed by atoms with Gasteiger partial charge in [0.2, 0.25) is 0 Å². The fourth-order valence-corrected chi connectivity index (χ4v) is 3.30. The first-order chi connectivity index (χ1) is 10.0. The van der Waals surface area contributed by atoms with Crippen molar-refractivity contribution >= 4 is 17.3 Å². The second-order valence-electron chi connectivity index (χ2n) is 5.83. The van der Waals surface area contributed by atoms with Crippen molar-refractivity contribution in [3.05, 3.63) is 40.4 Å². The van der Waals surface area contributed by atoms with E-state index in [-0.39, 0.29) is 5.60 Å². The van der Waals surface area contributed by atoms with Crippen LogP contribution in [0.2, 0.25) is 5.02 Å². The van der Waals surface area contributed by atoms with Crippen molar-refractivity contribution in [1.29, 1.82) is 0 Å². The Hall–Kier alpha value is -1.87. The van der Waals surface area contributed by atoms with E-state index in [1.165, 1.54) is 5.56 Å². The van der Waals surface area contributed by atoms with E-state index in [4.69, 9.17) is 26.8 Å². The summed E-state index contributed by atoms with van der Waals surface area (Å²) in [5.74, 6) is 1.55. The maximum atomic E-state index is 6.32. The second kappa shape index (κ2) is 4.08. The van der Waals surface area contributed by atoms with Gasteiger partial charge in [0.05, 0.1) is 12.1 Å². The van der Waals surface area contributed by atoms with Gasteiger partial charge in [-0.2, -0.15) is 0 Å². The lowest BCUT2D eigenvalue weighted by molar-refractivity contribution is 0.177. The molecule has 1 aliphatic heterocycles. The molecule has 1 fully saturated rings. The average Bonchev–Trinajstić information content (AvgIpc) is 3.21. The molecule has 0 saturated heterocycles. The minimum Gasteiger partial charge on any atom is -0.495 e. The van der Waals surface area contributed by atoms with Crippen LogP contribution in [0.15, 0.2) is 24.3 Å². The van der Waals surface area contributed by atoms with E-state index in [9.17, 15) is 0 Å². The van der Waals surface area contributed by atoms with Crippen LogP contribution < -0.4 is 15.2 Å². The molecular formula is C17H16ClNO2. The summed E-state index contributed by atoms with van der Waals surface area (Å²) in [6.45, 7) is 2.00. The summed E-state index contributed by atoms with van der Waals surface area (Å²) in [6, 6.07) is 7.99. The van der Waals surface area contributed by atoms with E-state index in [2.05, 4.69) is 6.07 Å². The van der Waals surface area contributed by atoms with E-state index in [0.29, 0.717) is 10.8 Å². The fraction of sp³-hybridized carbons (Fsp3) is 0.294. The lowest BCUT2D eigenvalue weighted by Crippen LogP contribution is -2.21. The second-order valence-corrected chi connectivity index (χ2v) is 6.24. The van der Waals surface area contributed by atoms with Crippen LogP contribution in [0.3, 0.4) is 0 Å². The third kappa shape index (κ3) is 1.74. The van der Waals surface area contributed by atoms with Gasteiger partial charge < -0.3 is 15.2 Å². The Kier molecular flexibility index (Phi) is 2.49. The highest BCUT2D eigenvalue weighted by Crippen LogP contribution is 2.58. The van der Waals surface area contributed by atoms with Crippen LogP contribution in [-0.2, 0) is 5.60 Å². The molecule has 3 nitrogen and oxygen atoms in total. The third-order valence-corrected chi connectivity index (χ3v) is 4.75. The Morgan fingerprint density at radius 3 is 2.62 bits per heavy atom. The first-order valence-corrected chi connectivity index (χ1v) is 7.39. The number of hydrogen-bond acceptors (Lipinski definition) is 3. The molecule has 2 aromatic rings. The summed E-state index contributed by atoms with van der Waals surface area (Å²) in [4.78, 5) is 0. The van der Waals surface area contributed by atoms with Gasteiger partial charge in [0.15, 0.2) is 0 Å². The molecule has 0 unspecified atom stereocenters. The lowest BCUT2D eigenvalue weighted by Gasteiger charge is -2.30. The standard InChI is InChI=1S/C17H16ClNO2/c1-9-5-11-10-6-13(18)16(20-2)7-12(10)17(3-4-17)21-15(11)8-14(9)19/h5-8H,3-4,19H2,1-2H3. The average molecular weight is 302 g/mol. The van der Waals surface area contributed by atoms with Crippen LogP contribution >= 0.6 is 11.6 Å². The zero-order valence-electron chi connectivity index (χ0n) is 12.0. The van der Waals surface area contributed by atoms with Gasteiger partial charge in [0, 0.05) is 22.9 Å². The molecule has 2 aliphatic rings. The number of ether oxygens (including phenoxy) is 2. The minimum atomic E-state index is -0.220. The number of nitrogen functional groups attached to an aromatic ring is 1. The molecule has 1 heterocycles. The number of rotatable bonds is 1. The molecule has 2 N–H and O–H groups in total. The Labute approximate surface area is 128 Å². The number of methoxy groups -OCH3 is 1. The van der Waals surface area contributed by atoms with Gasteiger partial charge in [-0.15, -0.1) is 0 Å². The van der Waals surface area contributed by atoms with E-state index >= 15 is 0 Å². The molecule has 0 aromatic heterocycles. The van der Waals surface area contributed by atoms with Crippen molar-refractivity contribution in [2.24, 2.45) is 0 Å². The van der Waals surface area contributed by atoms with Crippen LogP contribution in [0.1, 0.15) is 24.0 Å². The number of halogens is 1. The predicted octanol–water partition coefficient (Wildman–Crippen LogP) is 4.29. The number of nitrogens with two attached hydrogens (primary N) is 1. The molecule has 4 rings (SSSR count). The quantitative estimate of drug-likeness (QED) is 0.799. The van der Waals surface area contributed by atoms with Gasteiger partial charge in [0.1, 0.15) is 17.1 Å². The fourth-order valence-electron chi connectivity index (χ4n) is 3.06. The Morgan fingerprint density at radius 1 is 1.19 bits per heavy atom. The van der Waals surface area contributed by atoms with E-state index in [0.717, 1.165) is 41.0 Å². The van der Waals surface area contributed by atoms with Gasteiger partial charge >= 0.3 is 0 Å². The molecule has 2 aromatic carbocycles. The molecule has 21 heavy (non-hydrogen) atoms. The molecular weight excluding hydrogens is 286 g/mol. The zero-order valence-corrected chi connectivity index (χ0v) is 12.8. The number of benzene rings is 2. The molecule has 4 heteroatoms. The van der Waals surface area contributed by atoms with Crippen molar-refractivity contribution in [2.75, 3.05) is 12.8 Å². The van der Waals surface area contributed by atoms with Crippen LogP contribution in [-0.4, -0.2) is 7.11 Å². The number of aryl methyl sites for hydroxylation is 1. The molecule has 0 amide bonds. The number of hydrogen-bond donors (Lipinski definition) is 1. The van der Waals surface area contributed by atoms with Gasteiger partial charge in [-0.1, -0.05) is 11.6 Å². The molecule has 0 atom stereocenters. The molecule has 1 aliphatic carbocycles. The van der Waals surface area contributed by atoms with Gasteiger partial charge in [-0.3, -0.25) is 0 Å². The van der Waals surface area contributed by atoms with Crippen molar-refractivity contribution in [3.8, 4) is 22.6 Å². The monoisotopic (exact) mass is 301 g/mol. The van der Waals surface area contributed by atoms with Crippen molar-refractivity contribution in [3.63, 3.8) is 0 Å². The van der Waals surface area contributed by atoms with Gasteiger partial charge in [0.25, 0.3) is 0 Å². The smallest absolute Gasteiger partial charge is 0.137 e. The summed E-state index contributed by atoms with van der Waals surface area (Å²) in [7, 11) is 1.63. The predicted molar refractivity (Wildman–Crippen MR) is 84.1 cm³/mol. The van der Waals surface area contributed by atoms with Gasteiger partial charge in [-0.25, -0.2) is 0 Å². The molecule has 1 saturated carbocycles. The summed E-state index contributed by atoms with van der Waals surface area (Å²) in [5.41, 5.74) is 11.0. The molecule has 0 bridgehead atoms. The van der Waals surface area contributed by atoms with Crippen LogP contribution in [0.25, 0.3) is 11.1 Å². The Balaban J connectivity index is 2.02. The van der Waals surface area contributed by atoms with Crippen molar-refractivity contribution in [2.45, 2.75) is 25.4 Å². The zero-order chi connectivity index (χ0) is 14.8. The topological polar surface area (TPSA) is 44.5 Å². The van der Waals surface area contributed by atoms with Crippen molar-refractivity contribution < 1.29 is 9.47 Å². The SMILES string of the molecule is COc1cc2c(cc1Cl)-c1cc(C)c(N)cc1OC21CC1. The first kappa shape index (κ1) is 12.8. The van der Waals surface area contributed by atoms with Crippen molar-refractivity contribution in [1.82, 2.24) is 0 Å². The van der Waals surface area contributed by atoms with Crippen LogP contribution in [0, 0.1) is 6.92 Å². The lowest BCUT2D eigenvalue weighted by atomic mass is 9.90. The summed E-state index contributed by atoms with van der Waals surface area (Å²) >= 11 is 6.32. The highest BCUT2D eigenvalue weighted by molar-refractivity contribution is 6.32. The first-order valence-electron chi connectivity index (χ1n) is 7.01. The van der Waals surface area contributed by atoms with Crippen LogP contribution in [0.5, 0.6) is 11.5 Å². The Bertz CT molecular complexity index is 766. The molecule has 1 spiro atoms. The minimum absolute atomic E-state index is 0.220. The van der Waals surface area contributed by atoms with Gasteiger partial charge in [-0.05, 0) is 49.1 Å². The van der Waals surface area contributed by atoms with E-state index in [1.807, 2.05) is 25.1 Å². The van der Waals surface area contributed by atoms with E-state index in [1.54, 1.807) is 7.11 Å². The van der Waals surface area contributed by atoms with Crippen LogP contribution in [0.4, 0.5) is 5.69 Å². The largest absolute Gasteiger partial charge is 0.495 e. The maximum absolute atomic E-state index is 6.32. The Morgan fingerprint density at radius 2 is 1.95 bits per heavy atom.